The van der Waals surface area contributed by atoms with Crippen LogP contribution < -0.4 is 5.73 Å². The third-order valence-corrected chi connectivity index (χ3v) is 5.10. The molecule has 0 heterocycles. The molecule has 0 amide bonds. The van der Waals surface area contributed by atoms with Crippen LogP contribution in [0.5, 0.6) is 0 Å². The highest BCUT2D eigenvalue weighted by Crippen LogP contribution is 2.28. The summed E-state index contributed by atoms with van der Waals surface area (Å²) in [6.45, 7) is 0. The standard InChI is InChI=1S/C16H15NO6S/c1-22-15(18)10-5-3-6-11(9-10)24(20,21)13-8-4-7-12(17)14(13)16(19)23-2/h3-9H,17H2,1-2H3. The van der Waals surface area contributed by atoms with Crippen molar-refractivity contribution in [2.24, 2.45) is 0 Å². The Balaban J connectivity index is 2.67. The Morgan fingerprint density at radius 3 is 2.21 bits per heavy atom. The molecule has 2 aromatic rings. The summed E-state index contributed by atoms with van der Waals surface area (Å²) in [7, 11) is -1.78. The van der Waals surface area contributed by atoms with Crippen LogP contribution in [0.15, 0.2) is 52.3 Å². The minimum absolute atomic E-state index is 0.0213. The van der Waals surface area contributed by atoms with Crippen molar-refractivity contribution in [3.05, 3.63) is 53.6 Å². The summed E-state index contributed by atoms with van der Waals surface area (Å²) < 4.78 is 34.9. The summed E-state index contributed by atoms with van der Waals surface area (Å²) in [5, 5.41) is 0. The number of anilines is 1. The van der Waals surface area contributed by atoms with Crippen molar-refractivity contribution >= 4 is 27.5 Å². The van der Waals surface area contributed by atoms with Gasteiger partial charge in [0.1, 0.15) is 5.56 Å². The first-order chi connectivity index (χ1) is 11.3. The van der Waals surface area contributed by atoms with E-state index < -0.39 is 21.8 Å². The molecule has 0 bridgehead atoms. The van der Waals surface area contributed by atoms with Crippen LogP contribution in [0.3, 0.4) is 0 Å². The number of hydrogen-bond donors (Lipinski definition) is 1. The van der Waals surface area contributed by atoms with Crippen molar-refractivity contribution in [2.75, 3.05) is 20.0 Å². The third-order valence-electron chi connectivity index (χ3n) is 3.30. The molecule has 0 radical (unpaired) electrons. The Morgan fingerprint density at radius 2 is 1.58 bits per heavy atom. The molecule has 0 saturated carbocycles. The van der Waals surface area contributed by atoms with Crippen LogP contribution in [0.1, 0.15) is 20.7 Å². The predicted molar refractivity (Wildman–Crippen MR) is 85.4 cm³/mol. The Labute approximate surface area is 138 Å². The van der Waals surface area contributed by atoms with Gasteiger partial charge in [0, 0.05) is 5.69 Å². The highest BCUT2D eigenvalue weighted by molar-refractivity contribution is 7.91. The topological polar surface area (TPSA) is 113 Å². The van der Waals surface area contributed by atoms with Gasteiger partial charge in [0.25, 0.3) is 0 Å². The van der Waals surface area contributed by atoms with Gasteiger partial charge >= 0.3 is 11.9 Å². The van der Waals surface area contributed by atoms with Gasteiger partial charge < -0.3 is 15.2 Å². The number of rotatable bonds is 4. The van der Waals surface area contributed by atoms with Crippen molar-refractivity contribution in [1.29, 1.82) is 0 Å². The first kappa shape index (κ1) is 17.5. The molecule has 0 fully saturated rings. The van der Waals surface area contributed by atoms with E-state index in [0.717, 1.165) is 7.11 Å². The smallest absolute Gasteiger partial charge is 0.341 e. The van der Waals surface area contributed by atoms with Gasteiger partial charge in [-0.05, 0) is 30.3 Å². The van der Waals surface area contributed by atoms with Crippen molar-refractivity contribution in [3.63, 3.8) is 0 Å². The number of sulfone groups is 1. The summed E-state index contributed by atoms with van der Waals surface area (Å²) in [5.41, 5.74) is 5.54. The quantitative estimate of drug-likeness (QED) is 0.660. The van der Waals surface area contributed by atoms with E-state index in [1.807, 2.05) is 0 Å². The van der Waals surface area contributed by atoms with Gasteiger partial charge in [0.05, 0.1) is 29.6 Å². The molecule has 0 saturated heterocycles. The van der Waals surface area contributed by atoms with E-state index in [1.165, 1.54) is 49.6 Å². The fourth-order valence-electron chi connectivity index (χ4n) is 2.13. The number of esters is 2. The number of methoxy groups -OCH3 is 2. The summed E-state index contributed by atoms with van der Waals surface area (Å²) in [5.74, 6) is -1.54. The maximum atomic E-state index is 12.9. The molecule has 0 unspecified atom stereocenters. The van der Waals surface area contributed by atoms with Gasteiger partial charge in [-0.2, -0.15) is 0 Å². The molecule has 24 heavy (non-hydrogen) atoms. The number of hydrogen-bond acceptors (Lipinski definition) is 7. The summed E-state index contributed by atoms with van der Waals surface area (Å²) in [6, 6.07) is 9.38. The summed E-state index contributed by atoms with van der Waals surface area (Å²) >= 11 is 0. The predicted octanol–water partition coefficient (Wildman–Crippen LogP) is 1.67. The van der Waals surface area contributed by atoms with Crippen LogP contribution in [0, 0.1) is 0 Å². The lowest BCUT2D eigenvalue weighted by Crippen LogP contribution is -2.14. The Kier molecular flexibility index (Phi) is 4.89. The number of carbonyl (C=O) groups is 2. The zero-order valence-electron chi connectivity index (χ0n) is 13.0. The van der Waals surface area contributed by atoms with E-state index >= 15 is 0 Å². The summed E-state index contributed by atoms with van der Waals surface area (Å²) in [4.78, 5) is 23.0. The van der Waals surface area contributed by atoms with Crippen molar-refractivity contribution < 1.29 is 27.5 Å². The highest BCUT2D eigenvalue weighted by atomic mass is 32.2. The van der Waals surface area contributed by atoms with Crippen molar-refractivity contribution in [1.82, 2.24) is 0 Å². The molecule has 2 rings (SSSR count). The van der Waals surface area contributed by atoms with Crippen molar-refractivity contribution in [3.8, 4) is 0 Å². The number of nitrogen functional groups attached to an aromatic ring is 1. The molecule has 0 aliphatic rings. The van der Waals surface area contributed by atoms with Gasteiger partial charge in [-0.15, -0.1) is 0 Å². The summed E-state index contributed by atoms with van der Waals surface area (Å²) in [6.07, 6.45) is 0. The normalized spacial score (nSPS) is 10.9. The minimum atomic E-state index is -4.10. The van der Waals surface area contributed by atoms with Crippen LogP contribution in [0.2, 0.25) is 0 Å². The van der Waals surface area contributed by atoms with E-state index in [1.54, 1.807) is 0 Å². The second-order valence-electron chi connectivity index (χ2n) is 4.73. The van der Waals surface area contributed by atoms with Crippen LogP contribution in [0.4, 0.5) is 5.69 Å². The van der Waals surface area contributed by atoms with Gasteiger partial charge in [-0.25, -0.2) is 18.0 Å². The second kappa shape index (κ2) is 6.71. The average molecular weight is 349 g/mol. The number of ether oxygens (including phenoxy) is 2. The molecule has 2 N–H and O–H groups in total. The lowest BCUT2D eigenvalue weighted by molar-refractivity contribution is 0.0589. The van der Waals surface area contributed by atoms with Gasteiger partial charge in [0.15, 0.2) is 0 Å². The first-order valence-corrected chi connectivity index (χ1v) is 8.21. The van der Waals surface area contributed by atoms with E-state index in [2.05, 4.69) is 9.47 Å². The molecule has 0 aromatic heterocycles. The monoisotopic (exact) mass is 349 g/mol. The highest BCUT2D eigenvalue weighted by Gasteiger charge is 2.27. The van der Waals surface area contributed by atoms with E-state index in [9.17, 15) is 18.0 Å². The van der Waals surface area contributed by atoms with Crippen LogP contribution in [0.25, 0.3) is 0 Å². The van der Waals surface area contributed by atoms with Crippen LogP contribution in [-0.2, 0) is 19.3 Å². The average Bonchev–Trinajstić information content (AvgIpc) is 2.60. The molecule has 2 aromatic carbocycles. The Morgan fingerprint density at radius 1 is 0.958 bits per heavy atom. The molecule has 0 spiro atoms. The van der Waals surface area contributed by atoms with Gasteiger partial charge in [-0.3, -0.25) is 0 Å². The van der Waals surface area contributed by atoms with Gasteiger partial charge in [0.2, 0.25) is 9.84 Å². The number of benzene rings is 2. The molecule has 0 atom stereocenters. The molecule has 8 heteroatoms. The maximum Gasteiger partial charge on any atom is 0.341 e. The minimum Gasteiger partial charge on any atom is -0.465 e. The Bertz CT molecular complexity index is 905. The largest absolute Gasteiger partial charge is 0.465 e. The second-order valence-corrected chi connectivity index (χ2v) is 6.65. The lowest BCUT2D eigenvalue weighted by Gasteiger charge is -2.12. The molecular formula is C16H15NO6S. The first-order valence-electron chi connectivity index (χ1n) is 6.73. The molecule has 7 nitrogen and oxygen atoms in total. The third kappa shape index (κ3) is 3.09. The van der Waals surface area contributed by atoms with E-state index in [-0.39, 0.29) is 26.6 Å². The fourth-order valence-corrected chi connectivity index (χ4v) is 3.65. The van der Waals surface area contributed by atoms with Gasteiger partial charge in [-0.1, -0.05) is 12.1 Å². The SMILES string of the molecule is COC(=O)c1cccc(S(=O)(=O)c2cccc(N)c2C(=O)OC)c1. The zero-order valence-corrected chi connectivity index (χ0v) is 13.8. The number of nitrogens with two attached hydrogens (primary N) is 1. The Hall–Kier alpha value is -2.87. The lowest BCUT2D eigenvalue weighted by atomic mass is 10.2. The molecule has 0 aliphatic heterocycles. The molecular weight excluding hydrogens is 334 g/mol. The maximum absolute atomic E-state index is 12.9. The fraction of sp³-hybridized carbons (Fsp3) is 0.125. The van der Waals surface area contributed by atoms with E-state index in [4.69, 9.17) is 5.73 Å². The van der Waals surface area contributed by atoms with Crippen LogP contribution in [-0.4, -0.2) is 34.6 Å². The van der Waals surface area contributed by atoms with E-state index in [0.29, 0.717) is 0 Å². The molecule has 0 aliphatic carbocycles. The zero-order chi connectivity index (χ0) is 17.9. The van der Waals surface area contributed by atoms with Crippen molar-refractivity contribution in [2.45, 2.75) is 9.79 Å². The van der Waals surface area contributed by atoms with Crippen LogP contribution >= 0.6 is 0 Å². The molecule has 126 valence electrons. The number of carbonyl (C=O) groups excluding carboxylic acids is 2.